The summed E-state index contributed by atoms with van der Waals surface area (Å²) in [5.74, 6) is -0.0818. The lowest BCUT2D eigenvalue weighted by Crippen LogP contribution is -2.11. The summed E-state index contributed by atoms with van der Waals surface area (Å²) in [7, 11) is 0. The summed E-state index contributed by atoms with van der Waals surface area (Å²) in [6.45, 7) is 0. The zero-order chi connectivity index (χ0) is 12.4. The minimum Gasteiger partial charge on any atom is -0.298 e. The highest BCUT2D eigenvalue weighted by Gasteiger charge is 2.16. The average molecular weight is 258 g/mol. The number of aryl methyl sites for hydroxylation is 2. The van der Waals surface area contributed by atoms with E-state index in [4.69, 9.17) is 0 Å². The van der Waals surface area contributed by atoms with Gasteiger partial charge in [0.15, 0.2) is 5.13 Å². The molecule has 3 nitrogen and oxygen atoms in total. The molecule has 0 saturated carbocycles. The molecule has 0 atom stereocenters. The Hall–Kier alpha value is -1.68. The van der Waals surface area contributed by atoms with Crippen LogP contribution in [-0.4, -0.2) is 10.9 Å². The SMILES string of the molecule is O=C(Nc1nc2c(s1)CCCC2)c1ccccc1. The molecule has 0 fully saturated rings. The number of benzene rings is 1. The molecule has 0 bridgehead atoms. The molecule has 1 aromatic heterocycles. The van der Waals surface area contributed by atoms with Crippen molar-refractivity contribution in [1.82, 2.24) is 4.98 Å². The van der Waals surface area contributed by atoms with Crippen molar-refractivity contribution in [2.24, 2.45) is 0 Å². The van der Waals surface area contributed by atoms with Crippen LogP contribution in [0.15, 0.2) is 30.3 Å². The fourth-order valence-electron chi connectivity index (χ4n) is 2.16. The molecular weight excluding hydrogens is 244 g/mol. The number of thiazole rings is 1. The second kappa shape index (κ2) is 4.90. The van der Waals surface area contributed by atoms with E-state index in [0.717, 1.165) is 18.0 Å². The van der Waals surface area contributed by atoms with Gasteiger partial charge in [0, 0.05) is 10.4 Å². The first-order valence-electron chi connectivity index (χ1n) is 6.18. The quantitative estimate of drug-likeness (QED) is 0.898. The number of rotatable bonds is 2. The molecule has 1 N–H and O–H groups in total. The Morgan fingerprint density at radius 3 is 2.72 bits per heavy atom. The van der Waals surface area contributed by atoms with Crippen LogP contribution < -0.4 is 5.32 Å². The number of nitrogens with one attached hydrogen (secondary N) is 1. The van der Waals surface area contributed by atoms with E-state index in [1.165, 1.54) is 23.4 Å². The van der Waals surface area contributed by atoms with E-state index in [2.05, 4.69) is 10.3 Å². The van der Waals surface area contributed by atoms with Gasteiger partial charge in [-0.25, -0.2) is 4.98 Å². The van der Waals surface area contributed by atoms with E-state index in [9.17, 15) is 4.79 Å². The van der Waals surface area contributed by atoms with Crippen LogP contribution in [0.2, 0.25) is 0 Å². The lowest BCUT2D eigenvalue weighted by atomic mass is 10.0. The molecule has 0 spiro atoms. The van der Waals surface area contributed by atoms with Gasteiger partial charge in [-0.15, -0.1) is 11.3 Å². The standard InChI is InChI=1S/C14H14N2OS/c17-13(10-6-2-1-3-7-10)16-14-15-11-8-4-5-9-12(11)18-14/h1-3,6-7H,4-5,8-9H2,(H,15,16,17). The lowest BCUT2D eigenvalue weighted by molar-refractivity contribution is 0.102. The van der Waals surface area contributed by atoms with Gasteiger partial charge < -0.3 is 0 Å². The van der Waals surface area contributed by atoms with E-state index in [-0.39, 0.29) is 5.91 Å². The minimum atomic E-state index is -0.0818. The molecule has 0 aliphatic heterocycles. The molecule has 18 heavy (non-hydrogen) atoms. The fourth-order valence-corrected chi connectivity index (χ4v) is 3.21. The fraction of sp³-hybridized carbons (Fsp3) is 0.286. The molecule has 1 aromatic carbocycles. The Labute approximate surface area is 110 Å². The van der Waals surface area contributed by atoms with Crippen molar-refractivity contribution in [2.75, 3.05) is 5.32 Å². The third-order valence-corrected chi connectivity index (χ3v) is 4.17. The number of amides is 1. The summed E-state index contributed by atoms with van der Waals surface area (Å²) < 4.78 is 0. The van der Waals surface area contributed by atoms with Gasteiger partial charge in [-0.2, -0.15) is 0 Å². The highest BCUT2D eigenvalue weighted by Crippen LogP contribution is 2.29. The summed E-state index contributed by atoms with van der Waals surface area (Å²) in [5.41, 5.74) is 1.85. The summed E-state index contributed by atoms with van der Waals surface area (Å²) >= 11 is 1.62. The Balaban J connectivity index is 1.77. The number of hydrogen-bond donors (Lipinski definition) is 1. The highest BCUT2D eigenvalue weighted by molar-refractivity contribution is 7.15. The number of fused-ring (bicyclic) bond motifs is 1. The maximum Gasteiger partial charge on any atom is 0.257 e. The third kappa shape index (κ3) is 2.29. The molecule has 4 heteroatoms. The Bertz CT molecular complexity index is 539. The summed E-state index contributed by atoms with van der Waals surface area (Å²) in [4.78, 5) is 17.8. The molecule has 2 aromatic rings. The Kier molecular flexibility index (Phi) is 3.11. The molecule has 1 aliphatic rings. The summed E-state index contributed by atoms with van der Waals surface area (Å²) in [6.07, 6.45) is 4.60. The van der Waals surface area contributed by atoms with Crippen LogP contribution >= 0.6 is 11.3 Å². The molecule has 0 radical (unpaired) electrons. The first kappa shape index (κ1) is 11.4. The van der Waals surface area contributed by atoms with Gasteiger partial charge in [0.1, 0.15) is 0 Å². The van der Waals surface area contributed by atoms with E-state index >= 15 is 0 Å². The number of aromatic nitrogens is 1. The van der Waals surface area contributed by atoms with Crippen molar-refractivity contribution in [2.45, 2.75) is 25.7 Å². The highest BCUT2D eigenvalue weighted by atomic mass is 32.1. The van der Waals surface area contributed by atoms with Crippen molar-refractivity contribution in [3.8, 4) is 0 Å². The lowest BCUT2D eigenvalue weighted by Gasteiger charge is -2.06. The number of carbonyl (C=O) groups is 1. The first-order valence-corrected chi connectivity index (χ1v) is 6.99. The Morgan fingerprint density at radius 1 is 1.17 bits per heavy atom. The van der Waals surface area contributed by atoms with Crippen molar-refractivity contribution in [3.05, 3.63) is 46.5 Å². The van der Waals surface area contributed by atoms with Gasteiger partial charge in [0.2, 0.25) is 0 Å². The molecule has 1 aliphatic carbocycles. The second-order valence-electron chi connectivity index (χ2n) is 4.42. The van der Waals surface area contributed by atoms with Crippen molar-refractivity contribution < 1.29 is 4.79 Å². The maximum absolute atomic E-state index is 12.0. The number of hydrogen-bond acceptors (Lipinski definition) is 3. The van der Waals surface area contributed by atoms with E-state index in [1.807, 2.05) is 30.3 Å². The molecule has 0 saturated heterocycles. The predicted molar refractivity (Wildman–Crippen MR) is 73.2 cm³/mol. The minimum absolute atomic E-state index is 0.0818. The van der Waals surface area contributed by atoms with Crippen LogP contribution in [0, 0.1) is 0 Å². The largest absolute Gasteiger partial charge is 0.298 e. The third-order valence-electron chi connectivity index (χ3n) is 3.10. The predicted octanol–water partition coefficient (Wildman–Crippen LogP) is 3.27. The molecule has 1 heterocycles. The zero-order valence-corrected chi connectivity index (χ0v) is 10.8. The molecule has 3 rings (SSSR count). The second-order valence-corrected chi connectivity index (χ2v) is 5.50. The average Bonchev–Trinajstić information content (AvgIpc) is 2.82. The van der Waals surface area contributed by atoms with Crippen molar-refractivity contribution >= 4 is 22.4 Å². The zero-order valence-electron chi connectivity index (χ0n) is 9.98. The van der Waals surface area contributed by atoms with Crippen molar-refractivity contribution in [1.29, 1.82) is 0 Å². The van der Waals surface area contributed by atoms with Crippen LogP contribution in [0.5, 0.6) is 0 Å². The molecule has 0 unspecified atom stereocenters. The molecule has 1 amide bonds. The van der Waals surface area contributed by atoms with Crippen LogP contribution in [0.25, 0.3) is 0 Å². The monoisotopic (exact) mass is 258 g/mol. The van der Waals surface area contributed by atoms with Gasteiger partial charge in [-0.05, 0) is 37.8 Å². The number of carbonyl (C=O) groups excluding carboxylic acids is 1. The van der Waals surface area contributed by atoms with E-state index in [0.29, 0.717) is 5.56 Å². The molecular formula is C14H14N2OS. The number of nitrogens with zero attached hydrogens (tertiary/aromatic N) is 1. The van der Waals surface area contributed by atoms with Gasteiger partial charge in [0.25, 0.3) is 5.91 Å². The maximum atomic E-state index is 12.0. The molecule has 92 valence electrons. The van der Waals surface area contributed by atoms with Crippen molar-refractivity contribution in [3.63, 3.8) is 0 Å². The van der Waals surface area contributed by atoms with E-state index < -0.39 is 0 Å². The van der Waals surface area contributed by atoms with E-state index in [1.54, 1.807) is 11.3 Å². The van der Waals surface area contributed by atoms with Crippen LogP contribution in [0.4, 0.5) is 5.13 Å². The smallest absolute Gasteiger partial charge is 0.257 e. The van der Waals surface area contributed by atoms with Crippen LogP contribution in [0.3, 0.4) is 0 Å². The van der Waals surface area contributed by atoms with Gasteiger partial charge in [-0.1, -0.05) is 18.2 Å². The first-order chi connectivity index (χ1) is 8.83. The summed E-state index contributed by atoms with van der Waals surface area (Å²) in [5, 5.41) is 3.62. The Morgan fingerprint density at radius 2 is 1.94 bits per heavy atom. The summed E-state index contributed by atoms with van der Waals surface area (Å²) in [6, 6.07) is 9.24. The van der Waals surface area contributed by atoms with Gasteiger partial charge in [0.05, 0.1) is 5.69 Å². The topological polar surface area (TPSA) is 42.0 Å². The normalized spacial score (nSPS) is 14.0. The number of anilines is 1. The van der Waals surface area contributed by atoms with Gasteiger partial charge in [-0.3, -0.25) is 10.1 Å². The van der Waals surface area contributed by atoms with Gasteiger partial charge >= 0.3 is 0 Å². The van der Waals surface area contributed by atoms with Crippen LogP contribution in [0.1, 0.15) is 33.8 Å². The van der Waals surface area contributed by atoms with Crippen LogP contribution in [-0.2, 0) is 12.8 Å².